The van der Waals surface area contributed by atoms with E-state index < -0.39 is 0 Å². The number of likely N-dealkylation sites (N-methyl/N-ethyl adjacent to an activating group) is 1. The Bertz CT molecular complexity index is 879. The fraction of sp³-hybridized carbons (Fsp3) is 0.550. The van der Waals surface area contributed by atoms with Crippen molar-refractivity contribution in [3.05, 3.63) is 30.4 Å². The number of carbonyl (C=O) groups excluding carboxylic acids is 1. The first-order valence-corrected chi connectivity index (χ1v) is 10.3. The van der Waals surface area contributed by atoms with Crippen LogP contribution in [-0.4, -0.2) is 76.6 Å². The van der Waals surface area contributed by atoms with E-state index in [-0.39, 0.29) is 5.91 Å². The molecule has 152 valence electrons. The van der Waals surface area contributed by atoms with Gasteiger partial charge >= 0.3 is 0 Å². The fourth-order valence-electron chi connectivity index (χ4n) is 4.37. The van der Waals surface area contributed by atoms with Gasteiger partial charge in [-0.1, -0.05) is 0 Å². The molecule has 0 unspecified atom stereocenters. The molecular formula is C20H26N8O. The lowest BCUT2D eigenvalue weighted by Crippen LogP contribution is -2.48. The lowest BCUT2D eigenvalue weighted by Gasteiger charge is -2.38. The van der Waals surface area contributed by atoms with Gasteiger partial charge in [0, 0.05) is 51.7 Å². The van der Waals surface area contributed by atoms with Crippen LogP contribution in [0.1, 0.15) is 24.8 Å². The van der Waals surface area contributed by atoms with Gasteiger partial charge in [0.2, 0.25) is 11.9 Å². The van der Waals surface area contributed by atoms with Crippen LogP contribution in [0.4, 0.5) is 17.6 Å². The molecule has 0 N–H and O–H groups in total. The summed E-state index contributed by atoms with van der Waals surface area (Å²) in [5.74, 6) is 2.79. The van der Waals surface area contributed by atoms with Gasteiger partial charge < -0.3 is 19.6 Å². The number of aromatic nitrogens is 4. The molecule has 9 heteroatoms. The van der Waals surface area contributed by atoms with E-state index in [2.05, 4.69) is 29.7 Å². The van der Waals surface area contributed by atoms with Gasteiger partial charge in [-0.25, -0.2) is 19.9 Å². The first-order valence-electron chi connectivity index (χ1n) is 10.3. The monoisotopic (exact) mass is 394 g/mol. The van der Waals surface area contributed by atoms with Crippen LogP contribution in [0.5, 0.6) is 0 Å². The van der Waals surface area contributed by atoms with Crippen LogP contribution in [-0.2, 0) is 11.3 Å². The van der Waals surface area contributed by atoms with Crippen LogP contribution in [0.2, 0.25) is 0 Å². The third-order valence-electron chi connectivity index (χ3n) is 6.21. The summed E-state index contributed by atoms with van der Waals surface area (Å²) < 4.78 is 0. The molecule has 9 nitrogen and oxygen atoms in total. The van der Waals surface area contributed by atoms with Crippen molar-refractivity contribution >= 4 is 23.5 Å². The number of fused-ring (bicyclic) bond motifs is 1. The number of nitrogens with zero attached hydrogens (tertiary/aromatic N) is 8. The van der Waals surface area contributed by atoms with Crippen molar-refractivity contribution < 1.29 is 4.79 Å². The van der Waals surface area contributed by atoms with Crippen molar-refractivity contribution in [1.29, 1.82) is 0 Å². The number of amides is 1. The second kappa shape index (κ2) is 7.46. The topological polar surface area (TPSA) is 81.6 Å². The molecule has 2 aromatic rings. The van der Waals surface area contributed by atoms with Gasteiger partial charge in [0.1, 0.15) is 18.0 Å². The minimum atomic E-state index is 0.187. The van der Waals surface area contributed by atoms with Crippen LogP contribution < -0.4 is 14.7 Å². The molecule has 29 heavy (non-hydrogen) atoms. The second-order valence-corrected chi connectivity index (χ2v) is 7.98. The Kier molecular flexibility index (Phi) is 4.65. The van der Waals surface area contributed by atoms with Crippen molar-refractivity contribution in [3.63, 3.8) is 0 Å². The summed E-state index contributed by atoms with van der Waals surface area (Å²) in [5, 5.41) is 0. The van der Waals surface area contributed by atoms with Crippen molar-refractivity contribution in [2.45, 2.75) is 31.8 Å². The minimum absolute atomic E-state index is 0.187. The standard InChI is InChI=1S/C20H26N8O/c1-25-13-17(29)28(15-4-2-5-15)12-16-18(25)23-14-24-19(16)26-8-10-27(11-9-26)20-21-6-3-7-22-20/h3,6-7,14-15H,2,4-5,8-13H2,1H3. The quantitative estimate of drug-likeness (QED) is 0.760. The van der Waals surface area contributed by atoms with Crippen molar-refractivity contribution in [1.82, 2.24) is 24.8 Å². The highest BCUT2D eigenvalue weighted by Crippen LogP contribution is 2.34. The maximum absolute atomic E-state index is 12.8. The number of piperazine rings is 1. The van der Waals surface area contributed by atoms with E-state index >= 15 is 0 Å². The van der Waals surface area contributed by atoms with E-state index in [0.717, 1.165) is 62.2 Å². The van der Waals surface area contributed by atoms with Crippen LogP contribution in [0, 0.1) is 0 Å². The molecule has 1 saturated carbocycles. The van der Waals surface area contributed by atoms with E-state index in [0.29, 0.717) is 19.1 Å². The molecule has 2 fully saturated rings. The van der Waals surface area contributed by atoms with Gasteiger partial charge in [-0.15, -0.1) is 0 Å². The van der Waals surface area contributed by atoms with Gasteiger partial charge in [0.15, 0.2) is 0 Å². The molecule has 0 bridgehead atoms. The van der Waals surface area contributed by atoms with E-state index in [1.54, 1.807) is 18.7 Å². The zero-order valence-electron chi connectivity index (χ0n) is 16.7. The van der Waals surface area contributed by atoms with Crippen LogP contribution in [0.15, 0.2) is 24.8 Å². The van der Waals surface area contributed by atoms with Gasteiger partial charge in [-0.05, 0) is 25.3 Å². The second-order valence-electron chi connectivity index (χ2n) is 7.98. The third-order valence-corrected chi connectivity index (χ3v) is 6.21. The van der Waals surface area contributed by atoms with Crippen molar-refractivity contribution in [2.24, 2.45) is 0 Å². The molecule has 1 aliphatic carbocycles. The Hall–Kier alpha value is -2.97. The summed E-state index contributed by atoms with van der Waals surface area (Å²) in [6.07, 6.45) is 8.59. The highest BCUT2D eigenvalue weighted by atomic mass is 16.2. The molecule has 0 aromatic carbocycles. The SMILES string of the molecule is CN1CC(=O)N(C2CCC2)Cc2c1ncnc2N1CCN(c2ncccn2)CC1. The number of anilines is 3. The number of rotatable bonds is 3. The average Bonchev–Trinajstić information content (AvgIpc) is 2.84. The molecule has 1 saturated heterocycles. The molecule has 2 aliphatic heterocycles. The Balaban J connectivity index is 1.39. The normalized spacial score (nSPS) is 20.4. The summed E-state index contributed by atoms with van der Waals surface area (Å²) in [5.41, 5.74) is 1.07. The minimum Gasteiger partial charge on any atom is -0.353 e. The highest BCUT2D eigenvalue weighted by molar-refractivity contribution is 5.84. The van der Waals surface area contributed by atoms with E-state index in [1.165, 1.54) is 6.42 Å². The number of hydrogen-bond donors (Lipinski definition) is 0. The molecule has 0 radical (unpaired) electrons. The van der Waals surface area contributed by atoms with Gasteiger partial charge in [-0.3, -0.25) is 4.79 Å². The lowest BCUT2D eigenvalue weighted by molar-refractivity contribution is -0.134. The van der Waals surface area contributed by atoms with Gasteiger partial charge in [-0.2, -0.15) is 0 Å². The maximum Gasteiger partial charge on any atom is 0.242 e. The Morgan fingerprint density at radius 2 is 1.59 bits per heavy atom. The predicted octanol–water partition coefficient (Wildman–Crippen LogP) is 0.924. The molecular weight excluding hydrogens is 368 g/mol. The zero-order valence-corrected chi connectivity index (χ0v) is 16.7. The summed E-state index contributed by atoms with van der Waals surface area (Å²) in [7, 11) is 1.95. The van der Waals surface area contributed by atoms with Gasteiger partial charge in [0.05, 0.1) is 18.7 Å². The Morgan fingerprint density at radius 1 is 0.897 bits per heavy atom. The summed E-state index contributed by atoms with van der Waals surface area (Å²) in [6, 6.07) is 2.20. The van der Waals surface area contributed by atoms with E-state index in [4.69, 9.17) is 0 Å². The first kappa shape index (κ1) is 18.1. The van der Waals surface area contributed by atoms with Crippen LogP contribution >= 0.6 is 0 Å². The predicted molar refractivity (Wildman–Crippen MR) is 110 cm³/mol. The number of hydrogen-bond acceptors (Lipinski definition) is 8. The van der Waals surface area contributed by atoms with Crippen molar-refractivity contribution in [3.8, 4) is 0 Å². The smallest absolute Gasteiger partial charge is 0.242 e. The third kappa shape index (κ3) is 3.34. The summed E-state index contributed by atoms with van der Waals surface area (Å²) in [4.78, 5) is 39.3. The van der Waals surface area contributed by atoms with E-state index in [9.17, 15) is 4.79 Å². The van der Waals surface area contributed by atoms with Crippen molar-refractivity contribution in [2.75, 3.05) is 54.5 Å². The Labute approximate surface area is 170 Å². The molecule has 1 amide bonds. The fourth-order valence-corrected chi connectivity index (χ4v) is 4.37. The average molecular weight is 394 g/mol. The number of carbonyl (C=O) groups is 1. The zero-order chi connectivity index (χ0) is 19.8. The van der Waals surface area contributed by atoms with Crippen LogP contribution in [0.25, 0.3) is 0 Å². The summed E-state index contributed by atoms with van der Waals surface area (Å²) in [6.45, 7) is 4.32. The van der Waals surface area contributed by atoms with Gasteiger partial charge in [0.25, 0.3) is 0 Å². The molecule has 4 heterocycles. The highest BCUT2D eigenvalue weighted by Gasteiger charge is 2.35. The summed E-state index contributed by atoms with van der Waals surface area (Å²) >= 11 is 0. The largest absolute Gasteiger partial charge is 0.353 e. The van der Waals surface area contributed by atoms with E-state index in [1.807, 2.05) is 22.9 Å². The molecule has 3 aliphatic rings. The maximum atomic E-state index is 12.8. The lowest BCUT2D eigenvalue weighted by atomic mass is 9.91. The molecule has 2 aromatic heterocycles. The molecule has 0 atom stereocenters. The Morgan fingerprint density at radius 3 is 2.28 bits per heavy atom. The first-order chi connectivity index (χ1) is 14.2. The molecule has 5 rings (SSSR count). The molecule has 0 spiro atoms. The van der Waals surface area contributed by atoms with Crippen LogP contribution in [0.3, 0.4) is 0 Å².